The quantitative estimate of drug-likeness (QED) is 0.266. The Labute approximate surface area is 209 Å². The molecule has 1 heterocycles. The summed E-state index contributed by atoms with van der Waals surface area (Å²) in [5.74, 6) is -1.01. The van der Waals surface area contributed by atoms with Crippen LogP contribution in [-0.2, 0) is 9.59 Å². The summed E-state index contributed by atoms with van der Waals surface area (Å²) in [7, 11) is 0. The van der Waals surface area contributed by atoms with Gasteiger partial charge in [-0.15, -0.1) is 0 Å². The second kappa shape index (κ2) is 7.93. The van der Waals surface area contributed by atoms with Crippen molar-refractivity contribution in [1.82, 2.24) is 0 Å². The highest BCUT2D eigenvalue weighted by atomic mass is 79.9. The van der Waals surface area contributed by atoms with Crippen LogP contribution in [0.1, 0.15) is 11.1 Å². The van der Waals surface area contributed by atoms with Gasteiger partial charge in [0.25, 0.3) is 0 Å². The summed E-state index contributed by atoms with van der Waals surface area (Å²) in [5, 5.41) is 0. The van der Waals surface area contributed by atoms with Gasteiger partial charge in [-0.2, -0.15) is 0 Å². The minimum Gasteiger partial charge on any atom is -0.274 e. The number of carbonyl (C=O) groups is 2. The molecular weight excluding hydrogens is 542 g/mol. The Bertz CT molecular complexity index is 1250. The van der Waals surface area contributed by atoms with E-state index in [0.29, 0.717) is 5.69 Å². The van der Waals surface area contributed by atoms with E-state index in [0.717, 1.165) is 25.6 Å². The highest BCUT2D eigenvalue weighted by Crippen LogP contribution is 2.58. The number of imide groups is 1. The summed E-state index contributed by atoms with van der Waals surface area (Å²) in [4.78, 5) is 28.5. The first kappa shape index (κ1) is 20.8. The molecule has 162 valence electrons. The Balaban J connectivity index is 1.50. The van der Waals surface area contributed by atoms with Gasteiger partial charge >= 0.3 is 0 Å². The average molecular weight is 561 g/mol. The molecule has 2 bridgehead atoms. The number of hydrogen-bond donors (Lipinski definition) is 0. The summed E-state index contributed by atoms with van der Waals surface area (Å²) in [6, 6.07) is 25.8. The third-order valence-electron chi connectivity index (χ3n) is 6.98. The second-order valence-corrected chi connectivity index (χ2v) is 10.5. The van der Waals surface area contributed by atoms with Gasteiger partial charge in [-0.05, 0) is 58.7 Å². The predicted molar refractivity (Wildman–Crippen MR) is 136 cm³/mol. The lowest BCUT2D eigenvalue weighted by atomic mass is 9.85. The van der Waals surface area contributed by atoms with E-state index in [1.807, 2.05) is 54.6 Å². The van der Waals surface area contributed by atoms with Gasteiger partial charge in [0.05, 0.1) is 17.5 Å². The lowest BCUT2D eigenvalue weighted by Gasteiger charge is -2.21. The van der Waals surface area contributed by atoms with Gasteiger partial charge in [0.1, 0.15) is 0 Å². The smallest absolute Gasteiger partial charge is 0.238 e. The fourth-order valence-corrected chi connectivity index (χ4v) is 6.19. The summed E-state index contributed by atoms with van der Waals surface area (Å²) >= 11 is 7.07. The highest BCUT2D eigenvalue weighted by Gasteiger charge is 2.62. The monoisotopic (exact) mass is 559 g/mol. The van der Waals surface area contributed by atoms with Crippen molar-refractivity contribution in [2.45, 2.75) is 0 Å². The third kappa shape index (κ3) is 3.21. The first-order chi connectivity index (χ1) is 16.0. The standard InChI is InChI=1S/C28H19Br2NO2/c29-18-10-6-16(7-11-18)23(17-8-12-19(30)13-9-17)24-21-14-15-22(24)26-25(21)27(32)31(28(26)33)20-4-2-1-3-5-20/h1-15,21-22,25-26H/t21-,22-,25-,26+/m0/s1. The van der Waals surface area contributed by atoms with Crippen LogP contribution < -0.4 is 4.90 Å². The molecule has 0 spiro atoms. The zero-order chi connectivity index (χ0) is 22.7. The van der Waals surface area contributed by atoms with Crippen molar-refractivity contribution in [1.29, 1.82) is 0 Å². The Kier molecular flexibility index (Phi) is 5.00. The van der Waals surface area contributed by atoms with Gasteiger partial charge in [-0.25, -0.2) is 4.90 Å². The maximum atomic E-state index is 13.6. The number of nitrogens with zero attached hydrogens (tertiary/aromatic N) is 1. The van der Waals surface area contributed by atoms with Crippen LogP contribution in [0.25, 0.3) is 5.57 Å². The third-order valence-corrected chi connectivity index (χ3v) is 8.04. The van der Waals surface area contributed by atoms with Gasteiger partial charge < -0.3 is 0 Å². The molecule has 1 aliphatic heterocycles. The summed E-state index contributed by atoms with van der Waals surface area (Å²) < 4.78 is 2.03. The molecule has 1 saturated carbocycles. The van der Waals surface area contributed by atoms with E-state index in [2.05, 4.69) is 68.3 Å². The van der Waals surface area contributed by atoms with Crippen LogP contribution in [0, 0.1) is 23.7 Å². The number of amides is 2. The number of fused-ring (bicyclic) bond motifs is 5. The van der Waals surface area contributed by atoms with Crippen molar-refractivity contribution < 1.29 is 9.59 Å². The van der Waals surface area contributed by atoms with Crippen LogP contribution >= 0.6 is 31.9 Å². The highest BCUT2D eigenvalue weighted by molar-refractivity contribution is 9.10. The maximum absolute atomic E-state index is 13.6. The van der Waals surface area contributed by atoms with Crippen LogP contribution in [0.5, 0.6) is 0 Å². The number of para-hydroxylation sites is 1. The number of carbonyl (C=O) groups excluding carboxylic acids is 2. The molecule has 1 saturated heterocycles. The number of halogens is 2. The average Bonchev–Trinajstić information content (AvgIpc) is 3.46. The van der Waals surface area contributed by atoms with E-state index in [9.17, 15) is 9.59 Å². The van der Waals surface area contributed by atoms with E-state index >= 15 is 0 Å². The van der Waals surface area contributed by atoms with Crippen molar-refractivity contribution >= 4 is 54.9 Å². The largest absolute Gasteiger partial charge is 0.274 e. The van der Waals surface area contributed by atoms with E-state index in [1.54, 1.807) is 0 Å². The van der Waals surface area contributed by atoms with E-state index < -0.39 is 0 Å². The molecule has 2 aliphatic carbocycles. The van der Waals surface area contributed by atoms with Gasteiger partial charge in [-0.3, -0.25) is 9.59 Å². The summed E-state index contributed by atoms with van der Waals surface area (Å²) in [6.45, 7) is 0. The number of hydrogen-bond acceptors (Lipinski definition) is 2. The molecule has 0 aromatic heterocycles. The van der Waals surface area contributed by atoms with Crippen LogP contribution in [0.4, 0.5) is 5.69 Å². The first-order valence-corrected chi connectivity index (χ1v) is 12.5. The lowest BCUT2D eigenvalue weighted by molar-refractivity contribution is -0.122. The van der Waals surface area contributed by atoms with Crippen LogP contribution in [0.15, 0.2) is 106 Å². The molecule has 3 nitrogen and oxygen atoms in total. The minimum absolute atomic E-state index is 0.0764. The number of allylic oxidation sites excluding steroid dienone is 3. The molecule has 0 radical (unpaired) electrons. The van der Waals surface area contributed by atoms with Gasteiger partial charge in [0.15, 0.2) is 0 Å². The van der Waals surface area contributed by atoms with Gasteiger partial charge in [0, 0.05) is 20.8 Å². The molecule has 3 aliphatic rings. The van der Waals surface area contributed by atoms with E-state index in [-0.39, 0.29) is 35.5 Å². The Morgan fingerprint density at radius 1 is 0.636 bits per heavy atom. The molecule has 3 aromatic carbocycles. The fraction of sp³-hybridized carbons (Fsp3) is 0.143. The van der Waals surface area contributed by atoms with Gasteiger partial charge in [0.2, 0.25) is 11.8 Å². The Morgan fingerprint density at radius 2 is 1.09 bits per heavy atom. The van der Waals surface area contributed by atoms with E-state index in [1.165, 1.54) is 10.5 Å². The second-order valence-electron chi connectivity index (χ2n) is 8.68. The predicted octanol–water partition coefficient (Wildman–Crippen LogP) is 6.64. The van der Waals surface area contributed by atoms with Gasteiger partial charge in [-0.1, -0.05) is 86.5 Å². The number of anilines is 1. The topological polar surface area (TPSA) is 37.4 Å². The summed E-state index contributed by atoms with van der Waals surface area (Å²) in [6.07, 6.45) is 4.27. The molecule has 3 aromatic rings. The number of rotatable bonds is 3. The van der Waals surface area contributed by atoms with Crippen LogP contribution in [0.3, 0.4) is 0 Å². The van der Waals surface area contributed by atoms with Crippen molar-refractivity contribution in [3.8, 4) is 0 Å². The first-order valence-electron chi connectivity index (χ1n) is 10.9. The fourth-order valence-electron chi connectivity index (χ4n) is 5.66. The molecule has 4 atom stereocenters. The molecule has 5 heteroatoms. The van der Waals surface area contributed by atoms with Crippen LogP contribution in [0.2, 0.25) is 0 Å². The lowest BCUT2D eigenvalue weighted by Crippen LogP contribution is -2.33. The molecule has 0 unspecified atom stereocenters. The molecule has 0 N–H and O–H groups in total. The maximum Gasteiger partial charge on any atom is 0.238 e. The zero-order valence-corrected chi connectivity index (χ0v) is 20.7. The SMILES string of the molecule is O=C1[C@@H]2[C@H](C(=O)N1c1ccccc1)[C@H]1C=C[C@H]2C1=C(c1ccc(Br)cc1)c1ccc(Br)cc1. The van der Waals surface area contributed by atoms with Crippen LogP contribution in [-0.4, -0.2) is 11.8 Å². The summed E-state index contributed by atoms with van der Waals surface area (Å²) in [5.41, 5.74) is 5.15. The zero-order valence-electron chi connectivity index (χ0n) is 17.5. The van der Waals surface area contributed by atoms with Crippen molar-refractivity contribution in [2.24, 2.45) is 23.7 Å². The normalized spacial score (nSPS) is 25.2. The molecule has 2 amide bonds. The number of benzene rings is 3. The van der Waals surface area contributed by atoms with Crippen molar-refractivity contribution in [3.05, 3.63) is 117 Å². The Morgan fingerprint density at radius 3 is 1.55 bits per heavy atom. The Hall–Kier alpha value is -2.76. The molecular formula is C28H19Br2NO2. The molecule has 6 rings (SSSR count). The van der Waals surface area contributed by atoms with Crippen molar-refractivity contribution in [3.63, 3.8) is 0 Å². The minimum atomic E-state index is -0.344. The van der Waals surface area contributed by atoms with Crippen molar-refractivity contribution in [2.75, 3.05) is 4.90 Å². The molecule has 33 heavy (non-hydrogen) atoms. The molecule has 2 fully saturated rings. The van der Waals surface area contributed by atoms with E-state index in [4.69, 9.17) is 0 Å².